The number of nitrogens with zero attached hydrogens (tertiary/aromatic N) is 4. The van der Waals surface area contributed by atoms with Crippen molar-refractivity contribution in [3.05, 3.63) is 224 Å². The van der Waals surface area contributed by atoms with Crippen LogP contribution in [0.15, 0.2) is 188 Å². The highest BCUT2D eigenvalue weighted by Crippen LogP contribution is 2.36. The van der Waals surface area contributed by atoms with E-state index in [0.717, 1.165) is 28.3 Å². The Hall–Kier alpha value is -8.68. The van der Waals surface area contributed by atoms with Crippen molar-refractivity contribution in [2.75, 3.05) is 13.2 Å². The fourth-order valence-corrected chi connectivity index (χ4v) is 9.75. The molecule has 0 aliphatic carbocycles. The van der Waals surface area contributed by atoms with Gasteiger partial charge in [0, 0.05) is 36.8 Å². The van der Waals surface area contributed by atoms with Gasteiger partial charge in [-0.1, -0.05) is 130 Å². The fourth-order valence-electron chi connectivity index (χ4n) is 9.10. The van der Waals surface area contributed by atoms with Crippen molar-refractivity contribution in [1.82, 2.24) is 20.1 Å². The van der Waals surface area contributed by atoms with Gasteiger partial charge in [-0.15, -0.1) is 26.3 Å². The van der Waals surface area contributed by atoms with Gasteiger partial charge in [0.05, 0.1) is 39.0 Å². The lowest BCUT2D eigenvalue weighted by Crippen LogP contribution is -2.40. The highest BCUT2D eigenvalue weighted by atomic mass is 79.9. The number of carbonyl (C=O) groups excluding carboxylic acids is 4. The summed E-state index contributed by atoms with van der Waals surface area (Å²) in [5, 5.41) is 26.3. The maximum Gasteiger partial charge on any atom is 0.573 e. The van der Waals surface area contributed by atoms with E-state index in [1.807, 2.05) is 60.7 Å². The van der Waals surface area contributed by atoms with E-state index in [-0.39, 0.29) is 99.7 Å². The number of carbonyl (C=O) groups is 4. The first-order valence-corrected chi connectivity index (χ1v) is 27.4. The molecule has 4 heterocycles. The zero-order valence-electron chi connectivity index (χ0n) is 44.3. The average Bonchev–Trinajstić information content (AvgIpc) is 3.25. The van der Waals surface area contributed by atoms with Crippen molar-refractivity contribution >= 4 is 55.9 Å². The molecule has 4 atom stereocenters. The number of cyclic esters (lactones) is 2. The highest BCUT2D eigenvalue weighted by molar-refractivity contribution is 9.11. The van der Waals surface area contributed by atoms with Gasteiger partial charge < -0.3 is 42.9 Å². The number of ether oxygens (including phenoxy) is 5. The molecule has 88 heavy (non-hydrogen) atoms. The molecule has 2 fully saturated rings. The van der Waals surface area contributed by atoms with Crippen LogP contribution in [0.2, 0.25) is 0 Å². The summed E-state index contributed by atoms with van der Waals surface area (Å²) in [5.74, 6) is -1.82. The lowest BCUT2D eigenvalue weighted by molar-refractivity contribution is -0.276. The van der Waals surface area contributed by atoms with Crippen LogP contribution in [0.25, 0.3) is 0 Å². The van der Waals surface area contributed by atoms with Crippen LogP contribution < -0.4 is 14.2 Å². The number of phenols is 1. The van der Waals surface area contributed by atoms with E-state index < -0.39 is 48.7 Å². The molecule has 2 aliphatic rings. The lowest BCUT2D eigenvalue weighted by atomic mass is 9.91. The van der Waals surface area contributed by atoms with Crippen LogP contribution >= 0.6 is 31.9 Å². The third kappa shape index (κ3) is 19.9. The minimum Gasteiger partial charge on any atom is -0.508 e. The Balaban J connectivity index is 0.000000266. The van der Waals surface area contributed by atoms with Gasteiger partial charge in [0.1, 0.15) is 55.3 Å². The van der Waals surface area contributed by atoms with Crippen LogP contribution in [0.4, 0.5) is 35.9 Å². The molecule has 2 N–H and O–H groups in total. The Labute approximate surface area is 519 Å². The van der Waals surface area contributed by atoms with E-state index in [1.54, 1.807) is 66.7 Å². The summed E-state index contributed by atoms with van der Waals surface area (Å²) in [7, 11) is 0. The van der Waals surface area contributed by atoms with Gasteiger partial charge in [0.2, 0.25) is 11.8 Å². The number of aliphatic hydroxyl groups excluding tert-OH is 1. The first-order chi connectivity index (χ1) is 40.7. The highest BCUT2D eigenvalue weighted by Gasteiger charge is 2.41. The summed E-state index contributed by atoms with van der Waals surface area (Å²) >= 11 is 5.95. The fraction of sp³-hybridized carbons (Fsp3) is 0.270. The van der Waals surface area contributed by atoms with E-state index in [1.165, 1.54) is 46.6 Å². The predicted octanol–water partition coefficient (Wildman–Crippen LogP) is 15.3. The number of rotatable bonds is 18. The van der Waals surface area contributed by atoms with Crippen LogP contribution in [0, 0.1) is 0 Å². The molecule has 0 spiro atoms. The quantitative estimate of drug-likeness (QED) is 0.0765. The third-order valence-corrected chi connectivity index (χ3v) is 14.4. The number of benzene rings is 6. The maximum atomic E-state index is 13.5. The summed E-state index contributed by atoms with van der Waals surface area (Å²) in [5.41, 5.74) is 5.43. The number of aromatic hydroxyl groups is 1. The van der Waals surface area contributed by atoms with Gasteiger partial charge in [0.25, 0.3) is 0 Å². The maximum absolute atomic E-state index is 13.5. The van der Waals surface area contributed by atoms with Crippen LogP contribution in [0.3, 0.4) is 0 Å². The molecule has 0 saturated carbocycles. The number of halogens is 8. The largest absolute Gasteiger partial charge is 0.573 e. The van der Waals surface area contributed by atoms with Crippen LogP contribution in [-0.2, 0) is 45.1 Å². The molecular weight excluding hydrogens is 1290 g/mol. The minimum absolute atomic E-state index is 0. The number of hydrogen-bond acceptors (Lipinski definition) is 15. The van der Waals surface area contributed by atoms with E-state index in [2.05, 4.69) is 51.6 Å². The number of aromatic nitrogens is 2. The minimum atomic E-state index is -4.82. The Bertz CT molecular complexity index is 3480. The number of amides is 4. The monoisotopic (exact) mass is 1350 g/mol. The predicted molar refractivity (Wildman–Crippen MR) is 317 cm³/mol. The molecule has 6 aromatic carbocycles. The summed E-state index contributed by atoms with van der Waals surface area (Å²) in [4.78, 5) is 53.8. The van der Waals surface area contributed by atoms with Crippen molar-refractivity contribution in [2.45, 2.75) is 97.8 Å². The molecule has 25 heteroatoms. The van der Waals surface area contributed by atoms with Crippen molar-refractivity contribution < 1.29 is 88.5 Å². The standard InChI is InChI=1S/C30H24BrF3N2O6.C22H20N2O5.C8H6BrF3O2.3CH4/c31-25-11-6-20(15-27(25)42-30(32,33)34)17-39-23-9-7-21(8-10-23)24(26-12-13-41-35-26)16-28(37)36-22(18-40-29(36)38)14-19-4-2-1-3-5-19;25-18-8-6-16(7-9-18)19(20-10-11-29-23-20)13-21(26)24-17(14-28-22(24)27)12-15-4-2-1-3-5-15;9-6-2-1-5(4-13)3-7(6)14-8(10,11)12;;;/h1-13,15,22,24H,14,16-18H2;1-11,17,19,25H,12-14H2;1-3,13H,4H2;3*1H4/t22-,24-;17-,19-;;;;/m00..../s1. The van der Waals surface area contributed by atoms with Gasteiger partial charge in [-0.3, -0.25) is 9.59 Å². The van der Waals surface area contributed by atoms with E-state index in [0.29, 0.717) is 41.1 Å². The first-order valence-electron chi connectivity index (χ1n) is 25.8. The SMILES string of the molecule is C.C.C.O=C(C[C@@H](c1ccc(O)cc1)c1ccon1)N1C(=O)OC[C@@H]1Cc1ccccc1.O=C(C[C@@H](c1ccc(OCc2ccc(Br)c(OC(F)(F)F)c2)cc1)c1ccon1)N1C(=O)OC[C@@H]1Cc1ccccc1.OCc1ccc(Br)c(OC(F)(F)F)c1. The summed E-state index contributed by atoms with van der Waals surface area (Å²) in [6.07, 6.45) is -7.04. The number of imide groups is 2. The number of hydrogen-bond donors (Lipinski definition) is 2. The zero-order valence-corrected chi connectivity index (χ0v) is 47.5. The molecule has 2 saturated heterocycles. The molecule has 0 radical (unpaired) electrons. The van der Waals surface area contributed by atoms with E-state index in [9.17, 15) is 50.6 Å². The van der Waals surface area contributed by atoms with Crippen LogP contribution in [0.5, 0.6) is 23.0 Å². The Morgan fingerprint density at radius 1 is 0.568 bits per heavy atom. The molecule has 4 amide bonds. The molecule has 0 unspecified atom stereocenters. The van der Waals surface area contributed by atoms with Crippen LogP contribution in [0.1, 0.15) is 91.7 Å². The summed E-state index contributed by atoms with van der Waals surface area (Å²) < 4.78 is 108. The molecule has 17 nitrogen and oxygen atoms in total. The van der Waals surface area contributed by atoms with Gasteiger partial charge in [-0.25, -0.2) is 19.4 Å². The van der Waals surface area contributed by atoms with Gasteiger partial charge in [-0.2, -0.15) is 0 Å². The van der Waals surface area contributed by atoms with Crippen molar-refractivity contribution in [3.63, 3.8) is 0 Å². The van der Waals surface area contributed by atoms with Crippen LogP contribution in [-0.4, -0.2) is 92.3 Å². The van der Waals surface area contributed by atoms with Crippen molar-refractivity contribution in [1.29, 1.82) is 0 Å². The van der Waals surface area contributed by atoms with E-state index >= 15 is 0 Å². The Morgan fingerprint density at radius 3 is 1.38 bits per heavy atom. The van der Waals surface area contributed by atoms with Crippen molar-refractivity contribution in [3.8, 4) is 23.0 Å². The van der Waals surface area contributed by atoms with Gasteiger partial charge in [-0.05, 0) is 127 Å². The molecule has 0 bridgehead atoms. The topological polar surface area (TPSA) is 213 Å². The van der Waals surface area contributed by atoms with E-state index in [4.69, 9.17) is 28.4 Å². The molecule has 2 aromatic heterocycles. The second-order valence-electron chi connectivity index (χ2n) is 19.0. The van der Waals surface area contributed by atoms with Gasteiger partial charge >= 0.3 is 24.9 Å². The second kappa shape index (κ2) is 32.3. The van der Waals surface area contributed by atoms with Crippen molar-refractivity contribution in [2.24, 2.45) is 0 Å². The molecule has 2 aliphatic heterocycles. The molecule has 10 rings (SSSR count). The lowest BCUT2D eigenvalue weighted by Gasteiger charge is -2.22. The smallest absolute Gasteiger partial charge is 0.508 e. The Kier molecular flexibility index (Phi) is 25.8. The molecular formula is C63H62Br2F6N4O13. The normalized spacial score (nSPS) is 15.0. The average molecular weight is 1360 g/mol. The zero-order chi connectivity index (χ0) is 60.7. The Morgan fingerprint density at radius 2 is 0.977 bits per heavy atom. The summed E-state index contributed by atoms with van der Waals surface area (Å²) in [6, 6.07) is 43.5. The first kappa shape index (κ1) is 70.1. The van der Waals surface area contributed by atoms with Gasteiger partial charge in [0.15, 0.2) is 0 Å². The second-order valence-corrected chi connectivity index (χ2v) is 20.7. The molecule has 8 aromatic rings. The molecule has 468 valence electrons. The summed E-state index contributed by atoms with van der Waals surface area (Å²) in [6.45, 7) is -0.0525. The number of alkyl halides is 6. The number of aliphatic hydroxyl groups is 1. The number of phenolic OH excluding ortho intramolecular Hbond substituents is 1. The third-order valence-electron chi connectivity index (χ3n) is 13.1.